The molecular formula is C16H32ClNO2. The third-order valence-corrected chi connectivity index (χ3v) is 3.86. The van der Waals surface area contributed by atoms with Gasteiger partial charge in [0.2, 0.25) is 0 Å². The largest absolute Gasteiger partial charge is 0.480 e. The van der Waals surface area contributed by atoms with Crippen LogP contribution in [0.2, 0.25) is 0 Å². The lowest BCUT2D eigenvalue weighted by Crippen LogP contribution is -2.37. The van der Waals surface area contributed by atoms with Crippen LogP contribution in [0.1, 0.15) is 77.6 Å². The maximum atomic E-state index is 11.1. The molecule has 0 fully saturated rings. The van der Waals surface area contributed by atoms with Crippen molar-refractivity contribution in [1.29, 1.82) is 0 Å². The molecule has 2 N–H and O–H groups in total. The van der Waals surface area contributed by atoms with Crippen LogP contribution in [0.5, 0.6) is 0 Å². The monoisotopic (exact) mass is 305 g/mol. The van der Waals surface area contributed by atoms with E-state index in [0.717, 1.165) is 44.5 Å². The number of rotatable bonds is 15. The topological polar surface area (TPSA) is 49.3 Å². The third-order valence-electron chi connectivity index (χ3n) is 3.60. The quantitative estimate of drug-likeness (QED) is 0.344. The van der Waals surface area contributed by atoms with Crippen LogP contribution in [0.15, 0.2) is 0 Å². The van der Waals surface area contributed by atoms with Crippen molar-refractivity contribution in [2.75, 3.05) is 12.4 Å². The van der Waals surface area contributed by atoms with E-state index in [0.29, 0.717) is 0 Å². The summed E-state index contributed by atoms with van der Waals surface area (Å²) in [5, 5.41) is 12.3. The highest BCUT2D eigenvalue weighted by atomic mass is 35.5. The molecule has 1 atom stereocenters. The van der Waals surface area contributed by atoms with Gasteiger partial charge in [0.1, 0.15) is 6.04 Å². The molecule has 0 rings (SSSR count). The van der Waals surface area contributed by atoms with E-state index in [-0.39, 0.29) is 6.04 Å². The zero-order valence-electron chi connectivity index (χ0n) is 13.0. The molecule has 120 valence electrons. The van der Waals surface area contributed by atoms with Crippen LogP contribution in [0.3, 0.4) is 0 Å². The number of halogens is 1. The average molecular weight is 306 g/mol. The van der Waals surface area contributed by atoms with E-state index >= 15 is 0 Å². The molecule has 20 heavy (non-hydrogen) atoms. The van der Waals surface area contributed by atoms with Crippen molar-refractivity contribution in [3.8, 4) is 0 Å². The van der Waals surface area contributed by atoms with Gasteiger partial charge in [-0.25, -0.2) is 0 Å². The Morgan fingerprint density at radius 2 is 1.60 bits per heavy atom. The van der Waals surface area contributed by atoms with E-state index < -0.39 is 5.97 Å². The Bertz CT molecular complexity index is 225. The molecule has 0 saturated heterocycles. The van der Waals surface area contributed by atoms with Gasteiger partial charge in [0.05, 0.1) is 0 Å². The molecule has 0 aliphatic carbocycles. The summed E-state index contributed by atoms with van der Waals surface area (Å²) < 4.78 is 0. The summed E-state index contributed by atoms with van der Waals surface area (Å²) in [6.45, 7) is 2.99. The fourth-order valence-corrected chi connectivity index (χ4v) is 2.48. The lowest BCUT2D eigenvalue weighted by molar-refractivity contribution is -0.139. The van der Waals surface area contributed by atoms with Gasteiger partial charge >= 0.3 is 5.97 Å². The van der Waals surface area contributed by atoms with Crippen molar-refractivity contribution in [2.24, 2.45) is 0 Å². The SMILES string of the molecule is CCCCCCC(NCCCCCCCCCl)C(=O)O. The van der Waals surface area contributed by atoms with Crippen molar-refractivity contribution in [3.63, 3.8) is 0 Å². The Labute approximate surface area is 129 Å². The molecule has 3 nitrogen and oxygen atoms in total. The van der Waals surface area contributed by atoms with Gasteiger partial charge in [0, 0.05) is 5.88 Å². The predicted octanol–water partition coefficient (Wildman–Crippen LogP) is 4.58. The minimum absolute atomic E-state index is 0.358. The van der Waals surface area contributed by atoms with Gasteiger partial charge < -0.3 is 10.4 Å². The summed E-state index contributed by atoms with van der Waals surface area (Å²) in [7, 11) is 0. The number of aliphatic carboxylic acids is 1. The molecule has 0 aromatic heterocycles. The first-order valence-corrected chi connectivity index (χ1v) is 8.78. The molecule has 0 heterocycles. The Morgan fingerprint density at radius 1 is 1.00 bits per heavy atom. The van der Waals surface area contributed by atoms with Crippen LogP contribution in [0.4, 0.5) is 0 Å². The minimum Gasteiger partial charge on any atom is -0.480 e. The number of unbranched alkanes of at least 4 members (excludes halogenated alkanes) is 8. The smallest absolute Gasteiger partial charge is 0.320 e. The fourth-order valence-electron chi connectivity index (χ4n) is 2.29. The average Bonchev–Trinajstić information content (AvgIpc) is 2.43. The second-order valence-electron chi connectivity index (χ2n) is 5.50. The Hall–Kier alpha value is -0.280. The number of carboxylic acid groups (broad SMARTS) is 1. The highest BCUT2D eigenvalue weighted by Gasteiger charge is 2.15. The molecule has 0 aromatic rings. The van der Waals surface area contributed by atoms with Crippen LogP contribution in [-0.4, -0.2) is 29.5 Å². The fraction of sp³-hybridized carbons (Fsp3) is 0.938. The number of hydrogen-bond donors (Lipinski definition) is 2. The molecule has 0 spiro atoms. The summed E-state index contributed by atoms with van der Waals surface area (Å²) in [5.74, 6) is 0.0588. The molecule has 0 saturated carbocycles. The molecular weight excluding hydrogens is 274 g/mol. The van der Waals surface area contributed by atoms with Gasteiger partial charge in [-0.2, -0.15) is 0 Å². The first-order chi connectivity index (χ1) is 9.72. The lowest BCUT2D eigenvalue weighted by Gasteiger charge is -2.14. The van der Waals surface area contributed by atoms with Gasteiger partial charge in [-0.1, -0.05) is 58.3 Å². The molecule has 0 bridgehead atoms. The van der Waals surface area contributed by atoms with Crippen molar-refractivity contribution < 1.29 is 9.90 Å². The molecule has 4 heteroatoms. The van der Waals surface area contributed by atoms with Crippen LogP contribution in [-0.2, 0) is 4.79 Å². The van der Waals surface area contributed by atoms with E-state index in [9.17, 15) is 4.79 Å². The van der Waals surface area contributed by atoms with Gasteiger partial charge in [-0.05, 0) is 25.8 Å². The number of nitrogens with one attached hydrogen (secondary N) is 1. The zero-order valence-corrected chi connectivity index (χ0v) is 13.8. The van der Waals surface area contributed by atoms with Crippen molar-refractivity contribution in [3.05, 3.63) is 0 Å². The van der Waals surface area contributed by atoms with E-state index in [1.165, 1.54) is 38.5 Å². The summed E-state index contributed by atoms with van der Waals surface area (Å²) in [6, 6.07) is -0.358. The number of carbonyl (C=O) groups is 1. The number of hydrogen-bond acceptors (Lipinski definition) is 2. The van der Waals surface area contributed by atoms with Gasteiger partial charge in [0.25, 0.3) is 0 Å². The number of alkyl halides is 1. The molecule has 0 aliphatic heterocycles. The summed E-state index contributed by atoms with van der Waals surface area (Å²) in [6.07, 6.45) is 12.3. The second kappa shape index (κ2) is 15.1. The van der Waals surface area contributed by atoms with Crippen LogP contribution >= 0.6 is 11.6 Å². The molecule has 0 amide bonds. The maximum Gasteiger partial charge on any atom is 0.320 e. The first kappa shape index (κ1) is 19.7. The predicted molar refractivity (Wildman–Crippen MR) is 86.6 cm³/mol. The summed E-state index contributed by atoms with van der Waals surface area (Å²) in [5.41, 5.74) is 0. The second-order valence-corrected chi connectivity index (χ2v) is 5.88. The van der Waals surface area contributed by atoms with Gasteiger partial charge in [-0.3, -0.25) is 4.79 Å². The molecule has 0 radical (unpaired) electrons. The van der Waals surface area contributed by atoms with E-state index in [2.05, 4.69) is 12.2 Å². The van der Waals surface area contributed by atoms with Crippen LogP contribution in [0, 0.1) is 0 Å². The lowest BCUT2D eigenvalue weighted by atomic mass is 10.1. The van der Waals surface area contributed by atoms with Crippen molar-refractivity contribution in [1.82, 2.24) is 5.32 Å². The minimum atomic E-state index is -0.705. The van der Waals surface area contributed by atoms with Gasteiger partial charge in [0.15, 0.2) is 0 Å². The maximum absolute atomic E-state index is 11.1. The first-order valence-electron chi connectivity index (χ1n) is 8.24. The third kappa shape index (κ3) is 12.7. The molecule has 0 aliphatic rings. The Kier molecular flexibility index (Phi) is 14.9. The normalized spacial score (nSPS) is 12.5. The number of carboxylic acids is 1. The standard InChI is InChI=1S/C16H32ClNO2/c1-2-3-4-9-12-15(16(19)20)18-14-11-8-6-5-7-10-13-17/h15,18H,2-14H2,1H3,(H,19,20). The molecule has 0 aromatic carbocycles. The van der Waals surface area contributed by atoms with Crippen molar-refractivity contribution in [2.45, 2.75) is 83.6 Å². The van der Waals surface area contributed by atoms with Crippen LogP contribution in [0.25, 0.3) is 0 Å². The highest BCUT2D eigenvalue weighted by Crippen LogP contribution is 2.08. The Balaban J connectivity index is 3.48. The van der Waals surface area contributed by atoms with Crippen molar-refractivity contribution >= 4 is 17.6 Å². The summed E-state index contributed by atoms with van der Waals surface area (Å²) >= 11 is 5.62. The van der Waals surface area contributed by atoms with E-state index in [1.807, 2.05) is 0 Å². The summed E-state index contributed by atoms with van der Waals surface area (Å²) in [4.78, 5) is 11.1. The van der Waals surface area contributed by atoms with E-state index in [1.54, 1.807) is 0 Å². The van der Waals surface area contributed by atoms with E-state index in [4.69, 9.17) is 16.7 Å². The highest BCUT2D eigenvalue weighted by molar-refractivity contribution is 6.17. The van der Waals surface area contributed by atoms with Gasteiger partial charge in [-0.15, -0.1) is 11.6 Å². The van der Waals surface area contributed by atoms with Crippen LogP contribution < -0.4 is 5.32 Å². The Morgan fingerprint density at radius 3 is 2.20 bits per heavy atom. The molecule has 1 unspecified atom stereocenters. The zero-order chi connectivity index (χ0) is 15.1.